The SMILES string of the molecule is CCC(OC1CCCC(C)C1)C(=O)N1CCC(NC)CC1. The van der Waals surface area contributed by atoms with Gasteiger partial charge in [0.2, 0.25) is 0 Å². The Labute approximate surface area is 129 Å². The van der Waals surface area contributed by atoms with E-state index in [1.165, 1.54) is 12.8 Å². The smallest absolute Gasteiger partial charge is 0.251 e. The predicted molar refractivity (Wildman–Crippen MR) is 85.2 cm³/mol. The highest BCUT2D eigenvalue weighted by molar-refractivity contribution is 5.81. The summed E-state index contributed by atoms with van der Waals surface area (Å²) in [6, 6.07) is 0.564. The van der Waals surface area contributed by atoms with E-state index in [1.807, 2.05) is 11.9 Å². The maximum Gasteiger partial charge on any atom is 0.251 e. The molecule has 21 heavy (non-hydrogen) atoms. The number of rotatable bonds is 5. The van der Waals surface area contributed by atoms with Crippen LogP contribution >= 0.6 is 0 Å². The fourth-order valence-corrected chi connectivity index (χ4v) is 3.66. The van der Waals surface area contributed by atoms with Crippen molar-refractivity contribution in [1.29, 1.82) is 0 Å². The normalized spacial score (nSPS) is 29.4. The fourth-order valence-electron chi connectivity index (χ4n) is 3.66. The summed E-state index contributed by atoms with van der Waals surface area (Å²) in [5, 5.41) is 3.31. The summed E-state index contributed by atoms with van der Waals surface area (Å²) in [7, 11) is 2.00. The summed E-state index contributed by atoms with van der Waals surface area (Å²) in [4.78, 5) is 14.7. The molecule has 1 saturated heterocycles. The Morgan fingerprint density at radius 1 is 1.29 bits per heavy atom. The van der Waals surface area contributed by atoms with Crippen LogP contribution in [-0.2, 0) is 9.53 Å². The van der Waals surface area contributed by atoms with E-state index < -0.39 is 0 Å². The van der Waals surface area contributed by atoms with E-state index in [2.05, 4.69) is 19.2 Å². The van der Waals surface area contributed by atoms with Gasteiger partial charge in [-0.25, -0.2) is 0 Å². The van der Waals surface area contributed by atoms with Gasteiger partial charge in [0.15, 0.2) is 0 Å². The van der Waals surface area contributed by atoms with Crippen LogP contribution in [0.15, 0.2) is 0 Å². The maximum absolute atomic E-state index is 12.7. The average molecular weight is 296 g/mol. The fraction of sp³-hybridized carbons (Fsp3) is 0.941. The highest BCUT2D eigenvalue weighted by Crippen LogP contribution is 2.27. The van der Waals surface area contributed by atoms with Gasteiger partial charge in [-0.05, 0) is 45.1 Å². The van der Waals surface area contributed by atoms with Gasteiger partial charge < -0.3 is 15.0 Å². The maximum atomic E-state index is 12.7. The molecule has 3 unspecified atom stereocenters. The van der Waals surface area contributed by atoms with Crippen molar-refractivity contribution in [3.8, 4) is 0 Å². The number of hydrogen-bond acceptors (Lipinski definition) is 3. The van der Waals surface area contributed by atoms with E-state index in [1.54, 1.807) is 0 Å². The summed E-state index contributed by atoms with van der Waals surface area (Å²) < 4.78 is 6.17. The third kappa shape index (κ3) is 4.68. The Kier molecular flexibility index (Phi) is 6.49. The highest BCUT2D eigenvalue weighted by atomic mass is 16.5. The number of nitrogens with one attached hydrogen (secondary N) is 1. The van der Waals surface area contributed by atoms with Gasteiger partial charge in [-0.1, -0.05) is 26.7 Å². The zero-order valence-electron chi connectivity index (χ0n) is 13.9. The number of likely N-dealkylation sites (tertiary alicyclic amines) is 1. The molecule has 0 aromatic rings. The van der Waals surface area contributed by atoms with Crippen molar-refractivity contribution in [3.63, 3.8) is 0 Å². The second kappa shape index (κ2) is 8.14. The van der Waals surface area contributed by atoms with Gasteiger partial charge in [-0.3, -0.25) is 4.79 Å². The first kappa shape index (κ1) is 16.8. The van der Waals surface area contributed by atoms with Crippen LogP contribution in [0, 0.1) is 5.92 Å². The van der Waals surface area contributed by atoms with E-state index >= 15 is 0 Å². The molecule has 1 aliphatic heterocycles. The molecule has 1 aliphatic carbocycles. The lowest BCUT2D eigenvalue weighted by molar-refractivity contribution is -0.151. The standard InChI is InChI=1S/C17H32N2O2/c1-4-16(21-15-7-5-6-13(2)12-15)17(20)19-10-8-14(18-3)9-11-19/h13-16,18H,4-12H2,1-3H3. The Hall–Kier alpha value is -0.610. The molecule has 0 bridgehead atoms. The minimum atomic E-state index is -0.230. The molecule has 4 nitrogen and oxygen atoms in total. The molecular formula is C17H32N2O2. The summed E-state index contributed by atoms with van der Waals surface area (Å²) in [5.74, 6) is 0.952. The molecule has 2 rings (SSSR count). The zero-order valence-corrected chi connectivity index (χ0v) is 13.9. The molecular weight excluding hydrogens is 264 g/mol. The van der Waals surface area contributed by atoms with E-state index in [0.29, 0.717) is 6.04 Å². The number of amides is 1. The molecule has 3 atom stereocenters. The van der Waals surface area contributed by atoms with Gasteiger partial charge in [0.05, 0.1) is 6.10 Å². The van der Waals surface area contributed by atoms with Crippen LogP contribution in [0.5, 0.6) is 0 Å². The summed E-state index contributed by atoms with van der Waals surface area (Å²) in [6.45, 7) is 6.09. The minimum absolute atomic E-state index is 0.213. The van der Waals surface area contributed by atoms with Gasteiger partial charge in [0.25, 0.3) is 5.91 Å². The predicted octanol–water partition coefficient (Wildman–Crippen LogP) is 2.57. The van der Waals surface area contributed by atoms with E-state index in [0.717, 1.165) is 51.1 Å². The van der Waals surface area contributed by atoms with Gasteiger partial charge in [-0.15, -0.1) is 0 Å². The molecule has 2 aliphatic rings. The molecule has 4 heteroatoms. The van der Waals surface area contributed by atoms with Crippen molar-refractivity contribution in [3.05, 3.63) is 0 Å². The lowest BCUT2D eigenvalue weighted by Crippen LogP contribution is -2.48. The minimum Gasteiger partial charge on any atom is -0.365 e. The van der Waals surface area contributed by atoms with Crippen LogP contribution in [0.3, 0.4) is 0 Å². The van der Waals surface area contributed by atoms with Crippen LogP contribution in [0.4, 0.5) is 0 Å². The Morgan fingerprint density at radius 2 is 2.00 bits per heavy atom. The van der Waals surface area contributed by atoms with Crippen LogP contribution in [0.2, 0.25) is 0 Å². The van der Waals surface area contributed by atoms with Gasteiger partial charge >= 0.3 is 0 Å². The van der Waals surface area contributed by atoms with Crippen LogP contribution < -0.4 is 5.32 Å². The molecule has 0 radical (unpaired) electrons. The van der Waals surface area contributed by atoms with Gasteiger partial charge in [-0.2, -0.15) is 0 Å². The first-order valence-corrected chi connectivity index (χ1v) is 8.75. The summed E-state index contributed by atoms with van der Waals surface area (Å²) in [6.07, 6.45) is 7.74. The molecule has 1 saturated carbocycles. The molecule has 1 amide bonds. The van der Waals surface area contributed by atoms with Crippen molar-refractivity contribution in [2.75, 3.05) is 20.1 Å². The van der Waals surface area contributed by atoms with Gasteiger partial charge in [0.1, 0.15) is 6.10 Å². The third-order valence-electron chi connectivity index (χ3n) is 5.11. The number of carbonyl (C=O) groups is 1. The van der Waals surface area contributed by atoms with Gasteiger partial charge in [0, 0.05) is 19.1 Å². The average Bonchev–Trinajstić information content (AvgIpc) is 2.52. The van der Waals surface area contributed by atoms with E-state index in [-0.39, 0.29) is 18.1 Å². The lowest BCUT2D eigenvalue weighted by Gasteiger charge is -2.36. The number of ether oxygens (including phenoxy) is 1. The van der Waals surface area contributed by atoms with Crippen molar-refractivity contribution in [2.45, 2.75) is 77.0 Å². The third-order valence-corrected chi connectivity index (χ3v) is 5.11. The number of carbonyl (C=O) groups excluding carboxylic acids is 1. The monoisotopic (exact) mass is 296 g/mol. The summed E-state index contributed by atoms with van der Waals surface area (Å²) in [5.41, 5.74) is 0. The Bertz CT molecular complexity index is 327. The van der Waals surface area contributed by atoms with Crippen LogP contribution in [-0.4, -0.2) is 49.2 Å². The molecule has 122 valence electrons. The first-order valence-electron chi connectivity index (χ1n) is 8.75. The number of piperidine rings is 1. The van der Waals surface area contributed by atoms with E-state index in [9.17, 15) is 4.79 Å². The summed E-state index contributed by atoms with van der Waals surface area (Å²) >= 11 is 0. The molecule has 0 aromatic carbocycles. The first-order chi connectivity index (χ1) is 10.1. The van der Waals surface area contributed by atoms with Crippen molar-refractivity contribution in [1.82, 2.24) is 10.2 Å². The quantitative estimate of drug-likeness (QED) is 0.848. The van der Waals surface area contributed by atoms with Crippen molar-refractivity contribution in [2.24, 2.45) is 5.92 Å². The number of hydrogen-bond donors (Lipinski definition) is 1. The Morgan fingerprint density at radius 3 is 2.57 bits per heavy atom. The Balaban J connectivity index is 1.83. The van der Waals surface area contributed by atoms with Crippen molar-refractivity contribution < 1.29 is 9.53 Å². The van der Waals surface area contributed by atoms with Crippen LogP contribution in [0.1, 0.15) is 58.8 Å². The van der Waals surface area contributed by atoms with Crippen LogP contribution in [0.25, 0.3) is 0 Å². The molecule has 2 fully saturated rings. The zero-order chi connectivity index (χ0) is 15.2. The largest absolute Gasteiger partial charge is 0.365 e. The number of nitrogens with zero attached hydrogens (tertiary/aromatic N) is 1. The second-order valence-corrected chi connectivity index (χ2v) is 6.81. The highest BCUT2D eigenvalue weighted by Gasteiger charge is 2.30. The van der Waals surface area contributed by atoms with Crippen molar-refractivity contribution >= 4 is 5.91 Å². The molecule has 0 spiro atoms. The topological polar surface area (TPSA) is 41.6 Å². The molecule has 1 heterocycles. The molecule has 1 N–H and O–H groups in total. The molecule has 0 aromatic heterocycles. The van der Waals surface area contributed by atoms with E-state index in [4.69, 9.17) is 4.74 Å². The lowest BCUT2D eigenvalue weighted by atomic mass is 9.88. The second-order valence-electron chi connectivity index (χ2n) is 6.81.